The number of nitrogens with one attached hydrogen (secondary N) is 2. The van der Waals surface area contributed by atoms with Crippen LogP contribution in [0.2, 0.25) is 10.0 Å². The molecule has 0 saturated heterocycles. The second kappa shape index (κ2) is 8.40. The molecule has 3 aromatic rings. The van der Waals surface area contributed by atoms with Gasteiger partial charge in [-0.2, -0.15) is 0 Å². The Bertz CT molecular complexity index is 1170. The van der Waals surface area contributed by atoms with Gasteiger partial charge in [0.1, 0.15) is 30.1 Å². The third-order valence-electron chi connectivity index (χ3n) is 5.28. The molecule has 1 aliphatic heterocycles. The lowest BCUT2D eigenvalue weighted by molar-refractivity contribution is -0.351. The number of anilines is 1. The maximum Gasteiger partial charge on any atom is 0.387 e. The standard InChI is InChI=1S/C19H19Cl2N9O2/c20-10-5-13(21)16(15(6-10)32-4-3-30-9-23-27-28-30)17-12-7-29(19(31)24-11-1-2-11)8-14(12)25-18(22)26-17/h5-6,9,11H,1-4,7-8H2,(H,24,31)(H2,22,25,26)/p+1. The lowest BCUT2D eigenvalue weighted by atomic mass is 10.0. The summed E-state index contributed by atoms with van der Waals surface area (Å²) in [6.45, 7) is 1.45. The van der Waals surface area contributed by atoms with Crippen molar-refractivity contribution in [1.29, 1.82) is 0 Å². The van der Waals surface area contributed by atoms with Crippen LogP contribution in [0.3, 0.4) is 0 Å². The lowest BCUT2D eigenvalue weighted by Crippen LogP contribution is -2.37. The zero-order valence-corrected chi connectivity index (χ0v) is 18.4. The number of carbonyl (C=O) groups is 1. The molecular weight excluding hydrogens is 457 g/mol. The van der Waals surface area contributed by atoms with Crippen LogP contribution in [0.5, 0.6) is 5.75 Å². The molecule has 0 unspecified atom stereocenters. The van der Waals surface area contributed by atoms with Crippen LogP contribution >= 0.6 is 23.2 Å². The van der Waals surface area contributed by atoms with E-state index in [0.717, 1.165) is 18.4 Å². The number of H-pyrrole nitrogens is 1. The summed E-state index contributed by atoms with van der Waals surface area (Å²) in [6.07, 6.45) is 3.53. The number of nitrogens with zero attached hydrogens (tertiary/aromatic N) is 6. The van der Waals surface area contributed by atoms with E-state index in [1.54, 1.807) is 21.7 Å². The Morgan fingerprint density at radius 1 is 1.31 bits per heavy atom. The van der Waals surface area contributed by atoms with Gasteiger partial charge in [-0.05, 0) is 35.4 Å². The topological polar surface area (TPSA) is 138 Å². The molecular formula is C19H20Cl2N9O2+. The minimum absolute atomic E-state index is 0.116. The number of rotatable bonds is 6. The fourth-order valence-corrected chi connectivity index (χ4v) is 4.18. The summed E-state index contributed by atoms with van der Waals surface area (Å²) < 4.78 is 7.55. The maximum absolute atomic E-state index is 12.6. The van der Waals surface area contributed by atoms with Gasteiger partial charge in [0.05, 0.1) is 35.8 Å². The summed E-state index contributed by atoms with van der Waals surface area (Å²) in [6, 6.07) is 3.47. The predicted molar refractivity (Wildman–Crippen MR) is 115 cm³/mol. The van der Waals surface area contributed by atoms with E-state index in [2.05, 4.69) is 30.8 Å². The van der Waals surface area contributed by atoms with Crippen molar-refractivity contribution in [2.75, 3.05) is 12.3 Å². The van der Waals surface area contributed by atoms with Gasteiger partial charge in [-0.15, -0.1) is 5.10 Å². The molecule has 0 spiro atoms. The molecule has 4 N–H and O–H groups in total. The van der Waals surface area contributed by atoms with Gasteiger partial charge in [-0.3, -0.25) is 5.73 Å². The van der Waals surface area contributed by atoms with E-state index in [4.69, 9.17) is 33.7 Å². The first-order valence-electron chi connectivity index (χ1n) is 10.1. The highest BCUT2D eigenvalue weighted by Crippen LogP contribution is 2.41. The summed E-state index contributed by atoms with van der Waals surface area (Å²) in [5, 5.41) is 14.9. The van der Waals surface area contributed by atoms with Crippen LogP contribution in [0.15, 0.2) is 18.5 Å². The van der Waals surface area contributed by atoms with Crippen molar-refractivity contribution < 1.29 is 14.5 Å². The molecule has 11 nitrogen and oxygen atoms in total. The van der Waals surface area contributed by atoms with Gasteiger partial charge in [0.2, 0.25) is 0 Å². The maximum atomic E-state index is 12.6. The van der Waals surface area contributed by atoms with Gasteiger partial charge in [-0.25, -0.2) is 14.5 Å². The molecule has 0 atom stereocenters. The third-order valence-corrected chi connectivity index (χ3v) is 5.79. The number of fused-ring (bicyclic) bond motifs is 1. The van der Waals surface area contributed by atoms with Crippen molar-refractivity contribution in [1.82, 2.24) is 35.4 Å². The van der Waals surface area contributed by atoms with Crippen LogP contribution in [0, 0.1) is 0 Å². The monoisotopic (exact) mass is 476 g/mol. The zero-order chi connectivity index (χ0) is 22.2. The van der Waals surface area contributed by atoms with E-state index in [1.807, 2.05) is 0 Å². The first-order valence-corrected chi connectivity index (χ1v) is 10.8. The number of nitrogens with two attached hydrogens (primary N) is 1. The van der Waals surface area contributed by atoms with Crippen molar-refractivity contribution in [3.8, 4) is 17.0 Å². The second-order valence-electron chi connectivity index (χ2n) is 7.68. The number of urea groups is 1. The normalized spacial score (nSPS) is 15.0. The van der Waals surface area contributed by atoms with Crippen LogP contribution in [-0.4, -0.2) is 48.8 Å². The van der Waals surface area contributed by atoms with E-state index in [9.17, 15) is 4.79 Å². The Kier molecular flexibility index (Phi) is 5.43. The van der Waals surface area contributed by atoms with Crippen molar-refractivity contribution in [2.45, 2.75) is 38.5 Å². The van der Waals surface area contributed by atoms with Crippen LogP contribution in [0.4, 0.5) is 10.7 Å². The van der Waals surface area contributed by atoms with E-state index < -0.39 is 0 Å². The van der Waals surface area contributed by atoms with Gasteiger partial charge in [0, 0.05) is 11.1 Å². The van der Waals surface area contributed by atoms with Crippen LogP contribution in [-0.2, 0) is 19.6 Å². The number of aromatic nitrogens is 6. The van der Waals surface area contributed by atoms with E-state index in [-0.39, 0.29) is 24.6 Å². The minimum atomic E-state index is -0.116. The number of carbonyl (C=O) groups excluding carboxylic acids is 1. The SMILES string of the molecule is Nc1nc2c(c(-c3c(Cl)cc(Cl)cc3OCCn3cnnn3)[nH+]1)CN(C(=O)NC1CC1)C2. The quantitative estimate of drug-likeness (QED) is 0.551. The van der Waals surface area contributed by atoms with Crippen molar-refractivity contribution in [3.63, 3.8) is 0 Å². The summed E-state index contributed by atoms with van der Waals surface area (Å²) in [5.74, 6) is 0.689. The lowest BCUT2D eigenvalue weighted by Gasteiger charge is -2.16. The van der Waals surface area contributed by atoms with Crippen LogP contribution in [0.1, 0.15) is 24.1 Å². The molecule has 3 heterocycles. The van der Waals surface area contributed by atoms with Gasteiger partial charge in [0.25, 0.3) is 0 Å². The number of tetrazole rings is 1. The second-order valence-corrected chi connectivity index (χ2v) is 8.53. The Balaban J connectivity index is 1.46. The molecule has 13 heteroatoms. The molecule has 2 amide bonds. The number of amides is 2. The average molecular weight is 477 g/mol. The molecule has 1 fully saturated rings. The van der Waals surface area contributed by atoms with Crippen molar-refractivity contribution in [2.24, 2.45) is 0 Å². The largest absolute Gasteiger partial charge is 0.491 e. The first kappa shape index (κ1) is 20.7. The van der Waals surface area contributed by atoms with E-state index >= 15 is 0 Å². The number of hydrogen-bond acceptors (Lipinski definition) is 7. The van der Waals surface area contributed by atoms with Crippen LogP contribution < -0.4 is 20.8 Å². The van der Waals surface area contributed by atoms with Crippen LogP contribution in [0.25, 0.3) is 11.3 Å². The van der Waals surface area contributed by atoms with Gasteiger partial charge >= 0.3 is 12.0 Å². The number of benzene rings is 1. The number of halogens is 2. The molecule has 2 aromatic heterocycles. The highest BCUT2D eigenvalue weighted by atomic mass is 35.5. The van der Waals surface area contributed by atoms with Gasteiger partial charge < -0.3 is 15.0 Å². The molecule has 1 aromatic carbocycles. The van der Waals surface area contributed by atoms with Crippen molar-refractivity contribution in [3.05, 3.63) is 39.8 Å². The molecule has 32 heavy (non-hydrogen) atoms. The number of nitrogen functional groups attached to an aromatic ring is 1. The molecule has 0 radical (unpaired) electrons. The molecule has 1 saturated carbocycles. The minimum Gasteiger partial charge on any atom is -0.491 e. The summed E-state index contributed by atoms with van der Waals surface area (Å²) in [5.41, 5.74) is 8.85. The number of ether oxygens (including phenoxy) is 1. The zero-order valence-electron chi connectivity index (χ0n) is 16.9. The fourth-order valence-electron chi connectivity index (χ4n) is 3.61. The van der Waals surface area contributed by atoms with Crippen molar-refractivity contribution >= 4 is 35.2 Å². The smallest absolute Gasteiger partial charge is 0.387 e. The number of aromatic amines is 1. The summed E-state index contributed by atoms with van der Waals surface area (Å²) >= 11 is 12.8. The predicted octanol–water partition coefficient (Wildman–Crippen LogP) is 1.70. The third kappa shape index (κ3) is 4.26. The Labute approximate surface area is 192 Å². The molecule has 0 bridgehead atoms. The highest BCUT2D eigenvalue weighted by molar-refractivity contribution is 6.36. The Morgan fingerprint density at radius 3 is 2.91 bits per heavy atom. The summed E-state index contributed by atoms with van der Waals surface area (Å²) in [4.78, 5) is 21.8. The highest BCUT2D eigenvalue weighted by Gasteiger charge is 2.35. The molecule has 166 valence electrons. The summed E-state index contributed by atoms with van der Waals surface area (Å²) in [7, 11) is 0. The van der Waals surface area contributed by atoms with E-state index in [0.29, 0.717) is 52.4 Å². The number of hydrogen-bond donors (Lipinski definition) is 2. The van der Waals surface area contributed by atoms with E-state index in [1.165, 1.54) is 6.33 Å². The Morgan fingerprint density at radius 2 is 2.16 bits per heavy atom. The van der Waals surface area contributed by atoms with Gasteiger partial charge in [0.15, 0.2) is 0 Å². The Hall–Kier alpha value is -3.18. The average Bonchev–Trinajstić information content (AvgIpc) is 3.22. The fraction of sp³-hybridized carbons (Fsp3) is 0.368. The first-order chi connectivity index (χ1) is 15.5. The molecule has 1 aliphatic carbocycles. The molecule has 2 aliphatic rings. The molecule has 5 rings (SSSR count). The van der Waals surface area contributed by atoms with Gasteiger partial charge in [-0.1, -0.05) is 28.2 Å².